The third kappa shape index (κ3) is 3.78. The standard InChI is InChI=1S/C18H27NO2/c1-5-14(3)21-16-9-8-15(12-13(16)2)19-17(20)18(4)10-6-7-11-18/h8-9,12,14H,5-7,10-11H2,1-4H3,(H,19,20)/t14-/m0/s1. The first-order valence-corrected chi connectivity index (χ1v) is 8.03. The molecule has 1 saturated carbocycles. The summed E-state index contributed by atoms with van der Waals surface area (Å²) in [7, 11) is 0. The number of benzene rings is 1. The van der Waals surface area contributed by atoms with Crippen molar-refractivity contribution in [2.75, 3.05) is 5.32 Å². The van der Waals surface area contributed by atoms with Gasteiger partial charge in [0.25, 0.3) is 0 Å². The Bertz CT molecular complexity index is 504. The van der Waals surface area contributed by atoms with Crippen molar-refractivity contribution < 1.29 is 9.53 Å². The van der Waals surface area contributed by atoms with Crippen LogP contribution in [0.25, 0.3) is 0 Å². The molecule has 21 heavy (non-hydrogen) atoms. The molecule has 1 amide bonds. The molecule has 0 heterocycles. The highest BCUT2D eigenvalue weighted by molar-refractivity contribution is 5.95. The van der Waals surface area contributed by atoms with E-state index in [2.05, 4.69) is 26.1 Å². The second-order valence-corrected chi connectivity index (χ2v) is 6.54. The third-order valence-electron chi connectivity index (χ3n) is 4.59. The Hall–Kier alpha value is -1.51. The Morgan fingerprint density at radius 2 is 2.05 bits per heavy atom. The average Bonchev–Trinajstić information content (AvgIpc) is 2.90. The van der Waals surface area contributed by atoms with Gasteiger partial charge in [0.1, 0.15) is 5.75 Å². The highest BCUT2D eigenvalue weighted by Crippen LogP contribution is 2.38. The lowest BCUT2D eigenvalue weighted by Gasteiger charge is -2.22. The van der Waals surface area contributed by atoms with Gasteiger partial charge in [0.05, 0.1) is 6.10 Å². The smallest absolute Gasteiger partial charge is 0.230 e. The van der Waals surface area contributed by atoms with Crippen LogP contribution in [-0.2, 0) is 4.79 Å². The fraction of sp³-hybridized carbons (Fsp3) is 0.611. The van der Waals surface area contributed by atoms with E-state index >= 15 is 0 Å². The summed E-state index contributed by atoms with van der Waals surface area (Å²) in [5, 5.41) is 3.07. The Balaban J connectivity index is 2.04. The predicted octanol–water partition coefficient (Wildman–Crippen LogP) is 4.69. The Morgan fingerprint density at radius 1 is 1.38 bits per heavy atom. The van der Waals surface area contributed by atoms with E-state index in [9.17, 15) is 4.79 Å². The van der Waals surface area contributed by atoms with E-state index in [1.165, 1.54) is 0 Å². The van der Waals surface area contributed by atoms with Crippen LogP contribution in [-0.4, -0.2) is 12.0 Å². The van der Waals surface area contributed by atoms with Crippen LogP contribution in [0.1, 0.15) is 58.4 Å². The van der Waals surface area contributed by atoms with Crippen molar-refractivity contribution in [2.45, 2.75) is 65.9 Å². The van der Waals surface area contributed by atoms with Crippen LogP contribution in [0, 0.1) is 12.3 Å². The highest BCUT2D eigenvalue weighted by atomic mass is 16.5. The Kier molecular flexibility index (Phi) is 4.92. The summed E-state index contributed by atoms with van der Waals surface area (Å²) in [6.07, 6.45) is 5.49. The van der Waals surface area contributed by atoms with Crippen molar-refractivity contribution in [3.63, 3.8) is 0 Å². The van der Waals surface area contributed by atoms with E-state index in [0.717, 1.165) is 49.1 Å². The van der Waals surface area contributed by atoms with Gasteiger partial charge in [-0.1, -0.05) is 26.7 Å². The summed E-state index contributed by atoms with van der Waals surface area (Å²) in [6, 6.07) is 5.88. The maximum absolute atomic E-state index is 12.4. The molecule has 3 nitrogen and oxygen atoms in total. The zero-order valence-electron chi connectivity index (χ0n) is 13.7. The minimum atomic E-state index is -0.195. The lowest BCUT2D eigenvalue weighted by molar-refractivity contribution is -0.124. The summed E-state index contributed by atoms with van der Waals surface area (Å²) in [5.74, 6) is 1.05. The topological polar surface area (TPSA) is 38.3 Å². The number of aryl methyl sites for hydroxylation is 1. The summed E-state index contributed by atoms with van der Waals surface area (Å²) in [5.41, 5.74) is 1.73. The van der Waals surface area contributed by atoms with E-state index in [-0.39, 0.29) is 17.4 Å². The van der Waals surface area contributed by atoms with Gasteiger partial charge in [-0.3, -0.25) is 4.79 Å². The highest BCUT2D eigenvalue weighted by Gasteiger charge is 2.36. The Morgan fingerprint density at radius 3 is 2.62 bits per heavy atom. The molecule has 0 unspecified atom stereocenters. The second kappa shape index (κ2) is 6.50. The molecule has 0 radical (unpaired) electrons. The van der Waals surface area contributed by atoms with Gasteiger partial charge in [0.2, 0.25) is 5.91 Å². The minimum absolute atomic E-state index is 0.148. The zero-order valence-corrected chi connectivity index (χ0v) is 13.7. The van der Waals surface area contributed by atoms with Gasteiger partial charge < -0.3 is 10.1 Å². The van der Waals surface area contributed by atoms with E-state index in [1.807, 2.05) is 25.1 Å². The van der Waals surface area contributed by atoms with E-state index < -0.39 is 0 Å². The first-order chi connectivity index (χ1) is 9.94. The number of ether oxygens (including phenoxy) is 1. The fourth-order valence-electron chi connectivity index (χ4n) is 2.82. The molecule has 0 saturated heterocycles. The quantitative estimate of drug-likeness (QED) is 0.854. The average molecular weight is 289 g/mol. The first-order valence-electron chi connectivity index (χ1n) is 8.03. The van der Waals surface area contributed by atoms with Crippen LogP contribution >= 0.6 is 0 Å². The van der Waals surface area contributed by atoms with Crippen LogP contribution in [0.5, 0.6) is 5.75 Å². The lowest BCUT2D eigenvalue weighted by Crippen LogP contribution is -2.30. The summed E-state index contributed by atoms with van der Waals surface area (Å²) < 4.78 is 5.86. The molecule has 1 atom stereocenters. The number of amides is 1. The lowest BCUT2D eigenvalue weighted by atomic mass is 9.88. The summed E-state index contributed by atoms with van der Waals surface area (Å²) >= 11 is 0. The number of hydrogen-bond donors (Lipinski definition) is 1. The molecule has 0 bridgehead atoms. The SMILES string of the molecule is CC[C@H](C)Oc1ccc(NC(=O)C2(C)CCCC2)cc1C. The molecule has 1 N–H and O–H groups in total. The van der Waals surface area contributed by atoms with Crippen LogP contribution in [0.15, 0.2) is 18.2 Å². The van der Waals surface area contributed by atoms with Crippen molar-refractivity contribution >= 4 is 11.6 Å². The maximum Gasteiger partial charge on any atom is 0.230 e. The molecule has 0 aliphatic heterocycles. The molecule has 116 valence electrons. The monoisotopic (exact) mass is 289 g/mol. The van der Waals surface area contributed by atoms with Crippen LogP contribution in [0.2, 0.25) is 0 Å². The largest absolute Gasteiger partial charge is 0.490 e. The van der Waals surface area contributed by atoms with Crippen LogP contribution in [0.3, 0.4) is 0 Å². The van der Waals surface area contributed by atoms with Gasteiger partial charge in [0, 0.05) is 11.1 Å². The van der Waals surface area contributed by atoms with Crippen molar-refractivity contribution in [3.8, 4) is 5.75 Å². The van der Waals surface area contributed by atoms with Crippen molar-refractivity contribution in [2.24, 2.45) is 5.41 Å². The van der Waals surface area contributed by atoms with E-state index in [1.54, 1.807) is 0 Å². The molecule has 2 rings (SSSR count). The number of hydrogen-bond acceptors (Lipinski definition) is 2. The van der Waals surface area contributed by atoms with Crippen molar-refractivity contribution in [1.29, 1.82) is 0 Å². The third-order valence-corrected chi connectivity index (χ3v) is 4.59. The first kappa shape index (κ1) is 15.9. The number of nitrogens with one attached hydrogen (secondary N) is 1. The molecule has 0 spiro atoms. The van der Waals surface area contributed by atoms with Gasteiger partial charge >= 0.3 is 0 Å². The molecule has 1 aromatic rings. The molecule has 1 fully saturated rings. The second-order valence-electron chi connectivity index (χ2n) is 6.54. The van der Waals surface area contributed by atoms with Crippen LogP contribution in [0.4, 0.5) is 5.69 Å². The summed E-state index contributed by atoms with van der Waals surface area (Å²) in [4.78, 5) is 12.4. The molecular formula is C18H27NO2. The normalized spacial score (nSPS) is 18.3. The van der Waals surface area contributed by atoms with Gasteiger partial charge in [-0.05, 0) is 56.9 Å². The molecule has 0 aromatic heterocycles. The van der Waals surface area contributed by atoms with Gasteiger partial charge in [-0.15, -0.1) is 0 Å². The molecule has 1 aromatic carbocycles. The van der Waals surface area contributed by atoms with Crippen molar-refractivity contribution in [3.05, 3.63) is 23.8 Å². The van der Waals surface area contributed by atoms with E-state index in [0.29, 0.717) is 0 Å². The van der Waals surface area contributed by atoms with Crippen LogP contribution < -0.4 is 10.1 Å². The molecular weight excluding hydrogens is 262 g/mol. The molecule has 1 aliphatic rings. The van der Waals surface area contributed by atoms with Gasteiger partial charge in [-0.25, -0.2) is 0 Å². The number of carbonyl (C=O) groups is 1. The van der Waals surface area contributed by atoms with E-state index in [4.69, 9.17) is 4.74 Å². The number of anilines is 1. The Labute approximate surface area is 128 Å². The maximum atomic E-state index is 12.4. The molecule has 1 aliphatic carbocycles. The number of carbonyl (C=O) groups excluding carboxylic acids is 1. The zero-order chi connectivity index (χ0) is 15.5. The predicted molar refractivity (Wildman–Crippen MR) is 86.8 cm³/mol. The van der Waals surface area contributed by atoms with Crippen molar-refractivity contribution in [1.82, 2.24) is 0 Å². The number of rotatable bonds is 5. The minimum Gasteiger partial charge on any atom is -0.490 e. The summed E-state index contributed by atoms with van der Waals surface area (Å²) in [6.45, 7) is 8.26. The van der Waals surface area contributed by atoms with Gasteiger partial charge in [-0.2, -0.15) is 0 Å². The molecule has 3 heteroatoms. The fourth-order valence-corrected chi connectivity index (χ4v) is 2.82. The van der Waals surface area contributed by atoms with Gasteiger partial charge in [0.15, 0.2) is 0 Å².